The summed E-state index contributed by atoms with van der Waals surface area (Å²) in [6, 6.07) is 11.1. The molecule has 32 heavy (non-hydrogen) atoms. The van der Waals surface area contributed by atoms with E-state index >= 15 is 0 Å². The van der Waals surface area contributed by atoms with Crippen molar-refractivity contribution in [2.45, 2.75) is 11.4 Å². The zero-order chi connectivity index (χ0) is 23.3. The summed E-state index contributed by atoms with van der Waals surface area (Å²) in [7, 11) is -3.75. The molecule has 9 heteroatoms. The van der Waals surface area contributed by atoms with Crippen molar-refractivity contribution < 1.29 is 13.2 Å². The SMILES string of the molecule is C#CCn1c(=NC(=O)c2ccc(S(=O)(=O)N(CC=C)CC=C)cc2)sc2cccc(Cl)c21. The number of para-hydroxylation sites is 1. The molecule has 1 amide bonds. The fourth-order valence-electron chi connectivity index (χ4n) is 3.04. The quantitative estimate of drug-likeness (QED) is 0.356. The van der Waals surface area contributed by atoms with E-state index < -0.39 is 15.9 Å². The van der Waals surface area contributed by atoms with Crippen LogP contribution in [0.5, 0.6) is 0 Å². The number of aromatic nitrogens is 1. The predicted molar refractivity (Wildman–Crippen MR) is 129 cm³/mol. The van der Waals surface area contributed by atoms with Gasteiger partial charge >= 0.3 is 0 Å². The second-order valence-electron chi connectivity index (χ2n) is 6.60. The molecule has 6 nitrogen and oxygen atoms in total. The summed E-state index contributed by atoms with van der Waals surface area (Å²) in [5.74, 6) is 2.04. The summed E-state index contributed by atoms with van der Waals surface area (Å²) in [5, 5.41) is 0.515. The lowest BCUT2D eigenvalue weighted by molar-refractivity contribution is 0.0998. The predicted octanol–water partition coefficient (Wildman–Crippen LogP) is 4.09. The Balaban J connectivity index is 1.98. The average Bonchev–Trinajstić information content (AvgIpc) is 3.12. The Morgan fingerprint density at radius 1 is 1.19 bits per heavy atom. The standard InChI is InChI=1S/C23H20ClN3O3S2/c1-4-14-26(15-5-2)32(29,30)18-12-10-17(11-13-18)22(28)25-23-27(16-6-3)21-19(24)8-7-9-20(21)31-23/h3-5,7-13H,1-2,14-16H2. The van der Waals surface area contributed by atoms with E-state index in [1.54, 1.807) is 10.6 Å². The highest BCUT2D eigenvalue weighted by Crippen LogP contribution is 2.25. The third-order valence-electron chi connectivity index (χ3n) is 4.50. The van der Waals surface area contributed by atoms with Crippen molar-refractivity contribution in [3.8, 4) is 12.3 Å². The lowest BCUT2D eigenvalue weighted by Gasteiger charge is -2.19. The zero-order valence-electron chi connectivity index (χ0n) is 17.1. The first kappa shape index (κ1) is 23.7. The molecule has 3 aromatic rings. The van der Waals surface area contributed by atoms with Gasteiger partial charge in [0.15, 0.2) is 4.80 Å². The van der Waals surface area contributed by atoms with Gasteiger partial charge in [0.1, 0.15) is 0 Å². The van der Waals surface area contributed by atoms with Gasteiger partial charge < -0.3 is 4.57 Å². The average molecular weight is 486 g/mol. The molecule has 0 aliphatic heterocycles. The van der Waals surface area contributed by atoms with E-state index in [4.69, 9.17) is 18.0 Å². The highest BCUT2D eigenvalue weighted by Gasteiger charge is 2.22. The lowest BCUT2D eigenvalue weighted by atomic mass is 10.2. The van der Waals surface area contributed by atoms with E-state index in [0.29, 0.717) is 9.82 Å². The molecule has 0 saturated carbocycles. The summed E-state index contributed by atoms with van der Waals surface area (Å²) in [4.78, 5) is 17.5. The van der Waals surface area contributed by atoms with Crippen molar-refractivity contribution in [3.63, 3.8) is 0 Å². The van der Waals surface area contributed by atoms with Gasteiger partial charge in [-0.25, -0.2) is 8.42 Å². The van der Waals surface area contributed by atoms with Crippen molar-refractivity contribution in [1.29, 1.82) is 0 Å². The number of rotatable bonds is 8. The van der Waals surface area contributed by atoms with E-state index in [0.717, 1.165) is 10.2 Å². The minimum Gasteiger partial charge on any atom is -0.303 e. The van der Waals surface area contributed by atoms with Crippen molar-refractivity contribution in [3.05, 3.63) is 83.2 Å². The van der Waals surface area contributed by atoms with Crippen molar-refractivity contribution >= 4 is 49.1 Å². The van der Waals surface area contributed by atoms with Gasteiger partial charge in [0, 0.05) is 18.7 Å². The smallest absolute Gasteiger partial charge is 0.279 e. The van der Waals surface area contributed by atoms with Crippen LogP contribution >= 0.6 is 22.9 Å². The Hall–Kier alpha value is -2.96. The minimum atomic E-state index is -3.75. The number of carbonyl (C=O) groups excluding carboxylic acids is 1. The molecule has 1 aromatic heterocycles. The fraction of sp³-hybridized carbons (Fsp3) is 0.130. The number of hydrogen-bond donors (Lipinski definition) is 0. The largest absolute Gasteiger partial charge is 0.303 e. The molecule has 0 aliphatic carbocycles. The minimum absolute atomic E-state index is 0.0637. The summed E-state index contributed by atoms with van der Waals surface area (Å²) >= 11 is 7.61. The summed E-state index contributed by atoms with van der Waals surface area (Å²) < 4.78 is 29.4. The van der Waals surface area contributed by atoms with Crippen LogP contribution in [0.1, 0.15) is 10.4 Å². The Labute approximate surface area is 195 Å². The van der Waals surface area contributed by atoms with Crippen LogP contribution in [0.2, 0.25) is 5.02 Å². The van der Waals surface area contributed by atoms with Crippen molar-refractivity contribution in [2.75, 3.05) is 13.1 Å². The third kappa shape index (κ3) is 4.76. The van der Waals surface area contributed by atoms with Crippen LogP contribution in [0.15, 0.2) is 77.7 Å². The molecule has 1 heterocycles. The number of halogens is 1. The third-order valence-corrected chi connectivity index (χ3v) is 7.70. The summed E-state index contributed by atoms with van der Waals surface area (Å²) in [6.07, 6.45) is 8.49. The van der Waals surface area contributed by atoms with Crippen LogP contribution in [-0.2, 0) is 16.6 Å². The van der Waals surface area contributed by atoms with Gasteiger partial charge in [-0.3, -0.25) is 4.79 Å². The number of benzene rings is 2. The second-order valence-corrected chi connectivity index (χ2v) is 9.96. The van der Waals surface area contributed by atoms with Crippen LogP contribution < -0.4 is 4.80 Å². The number of fused-ring (bicyclic) bond motifs is 1. The molecule has 0 unspecified atom stereocenters. The molecule has 0 saturated heterocycles. The topological polar surface area (TPSA) is 71.7 Å². The molecule has 3 rings (SSSR count). The first-order chi connectivity index (χ1) is 15.3. The number of nitrogens with zero attached hydrogens (tertiary/aromatic N) is 3. The number of terminal acetylenes is 1. The molecule has 0 fully saturated rings. The van der Waals surface area contributed by atoms with Gasteiger partial charge in [0.25, 0.3) is 5.91 Å². The number of hydrogen-bond acceptors (Lipinski definition) is 4. The lowest BCUT2D eigenvalue weighted by Crippen LogP contribution is -2.31. The van der Waals surface area contributed by atoms with Crippen molar-refractivity contribution in [2.24, 2.45) is 4.99 Å². The molecular formula is C23H20ClN3O3S2. The molecule has 2 aromatic carbocycles. The highest BCUT2D eigenvalue weighted by molar-refractivity contribution is 7.89. The fourth-order valence-corrected chi connectivity index (χ4v) is 5.81. The van der Waals surface area contributed by atoms with Crippen LogP contribution in [0.4, 0.5) is 0 Å². The van der Waals surface area contributed by atoms with Crippen LogP contribution in [-0.4, -0.2) is 36.3 Å². The van der Waals surface area contributed by atoms with Gasteiger partial charge in [-0.05, 0) is 36.4 Å². The first-order valence-electron chi connectivity index (χ1n) is 9.46. The normalized spacial score (nSPS) is 12.1. The van der Waals surface area contributed by atoms with Gasteiger partial charge in [-0.15, -0.1) is 19.6 Å². The van der Waals surface area contributed by atoms with E-state index in [9.17, 15) is 13.2 Å². The van der Waals surface area contributed by atoms with Crippen molar-refractivity contribution in [1.82, 2.24) is 8.87 Å². The molecule has 0 aliphatic rings. The Bertz CT molecular complexity index is 1380. The number of carbonyl (C=O) groups is 1. The van der Waals surface area contributed by atoms with Gasteiger partial charge in [-0.1, -0.05) is 47.1 Å². The molecule has 0 bridgehead atoms. The van der Waals surface area contributed by atoms with Crippen LogP contribution in [0.3, 0.4) is 0 Å². The van der Waals surface area contributed by atoms with E-state index in [-0.39, 0.29) is 30.1 Å². The van der Waals surface area contributed by atoms with Gasteiger partial charge in [-0.2, -0.15) is 9.30 Å². The Kier molecular flexibility index (Phi) is 7.48. The molecule has 164 valence electrons. The summed E-state index contributed by atoms with van der Waals surface area (Å²) in [6.45, 7) is 7.68. The number of amides is 1. The van der Waals surface area contributed by atoms with E-state index in [2.05, 4.69) is 24.1 Å². The molecule has 0 atom stereocenters. The number of sulfonamides is 1. The molecular weight excluding hydrogens is 466 g/mol. The maximum atomic E-state index is 12.8. The Morgan fingerprint density at radius 2 is 1.84 bits per heavy atom. The monoisotopic (exact) mass is 485 g/mol. The van der Waals surface area contributed by atoms with E-state index in [1.807, 2.05) is 12.1 Å². The van der Waals surface area contributed by atoms with Gasteiger partial charge in [0.2, 0.25) is 10.0 Å². The number of thiazole rings is 1. The Morgan fingerprint density at radius 3 is 2.44 bits per heavy atom. The zero-order valence-corrected chi connectivity index (χ0v) is 19.5. The second kappa shape index (κ2) is 10.1. The molecule has 0 radical (unpaired) electrons. The van der Waals surface area contributed by atoms with Crippen LogP contribution in [0.25, 0.3) is 10.2 Å². The first-order valence-corrected chi connectivity index (χ1v) is 12.1. The van der Waals surface area contributed by atoms with Gasteiger partial charge in [0.05, 0.1) is 26.7 Å². The van der Waals surface area contributed by atoms with Crippen LogP contribution in [0, 0.1) is 12.3 Å². The molecule has 0 spiro atoms. The highest BCUT2D eigenvalue weighted by atomic mass is 35.5. The summed E-state index contributed by atoms with van der Waals surface area (Å²) in [5.41, 5.74) is 0.966. The maximum Gasteiger partial charge on any atom is 0.279 e. The molecule has 0 N–H and O–H groups in total. The maximum absolute atomic E-state index is 12.8. The van der Waals surface area contributed by atoms with E-state index in [1.165, 1.54) is 52.1 Å².